The molecule has 8 nitrogen and oxygen atoms in total. The second kappa shape index (κ2) is 9.37. The molecule has 0 aliphatic rings. The van der Waals surface area contributed by atoms with Crippen LogP contribution in [0.4, 0.5) is 17.2 Å². The first kappa shape index (κ1) is 23.2. The van der Waals surface area contributed by atoms with Gasteiger partial charge in [0.25, 0.3) is 11.8 Å². The molecule has 2 amide bonds. The molecule has 3 aromatic rings. The summed E-state index contributed by atoms with van der Waals surface area (Å²) in [5.41, 5.74) is 1.33. The molecule has 2 aromatic carbocycles. The van der Waals surface area contributed by atoms with E-state index in [2.05, 4.69) is 15.6 Å². The Morgan fingerprint density at radius 1 is 0.969 bits per heavy atom. The monoisotopic (exact) mass is 472 g/mol. The van der Waals surface area contributed by atoms with Gasteiger partial charge >= 0.3 is 0 Å². The molecule has 1 heterocycles. The predicted molar refractivity (Wildman–Crippen MR) is 125 cm³/mol. The zero-order chi connectivity index (χ0) is 23.5. The fourth-order valence-corrected chi connectivity index (χ4v) is 3.78. The smallest absolute Gasteiger partial charge is 0.259 e. The maximum atomic E-state index is 12.7. The van der Waals surface area contributed by atoms with Gasteiger partial charge < -0.3 is 15.5 Å². The standard InChI is InChI=1S/C22H21ClN4O4S/c1-27(2)20-17(8-5-11-24-20)22(29)25-15-9-10-19(18(23)13-15)26-21(28)14-6-4-7-16(12-14)32(3,30)31/h4-13H,1-3H3,(H,25,29)(H,26,28). The Balaban J connectivity index is 1.76. The van der Waals surface area contributed by atoms with E-state index in [4.69, 9.17) is 11.6 Å². The normalized spacial score (nSPS) is 11.0. The lowest BCUT2D eigenvalue weighted by atomic mass is 10.2. The Kier molecular flexibility index (Phi) is 6.81. The number of nitrogens with one attached hydrogen (secondary N) is 2. The van der Waals surface area contributed by atoms with Crippen LogP contribution in [0, 0.1) is 0 Å². The topological polar surface area (TPSA) is 108 Å². The molecule has 0 radical (unpaired) electrons. The molecule has 166 valence electrons. The van der Waals surface area contributed by atoms with Crippen molar-refractivity contribution in [3.05, 3.63) is 76.9 Å². The summed E-state index contributed by atoms with van der Waals surface area (Å²) in [5, 5.41) is 5.61. The minimum absolute atomic E-state index is 0.0433. The lowest BCUT2D eigenvalue weighted by molar-refractivity contribution is 0.101. The Labute approximate surface area is 191 Å². The van der Waals surface area contributed by atoms with Crippen LogP contribution in [0.3, 0.4) is 0 Å². The number of sulfone groups is 1. The van der Waals surface area contributed by atoms with Crippen molar-refractivity contribution in [2.75, 3.05) is 35.9 Å². The van der Waals surface area contributed by atoms with Crippen molar-refractivity contribution < 1.29 is 18.0 Å². The van der Waals surface area contributed by atoms with Crippen LogP contribution < -0.4 is 15.5 Å². The van der Waals surface area contributed by atoms with Crippen LogP contribution in [-0.2, 0) is 9.84 Å². The molecule has 0 fully saturated rings. The number of aromatic nitrogens is 1. The van der Waals surface area contributed by atoms with Crippen LogP contribution >= 0.6 is 11.6 Å². The number of nitrogens with zero attached hydrogens (tertiary/aromatic N) is 2. The Morgan fingerprint density at radius 3 is 2.38 bits per heavy atom. The molecule has 3 rings (SSSR count). The van der Waals surface area contributed by atoms with Gasteiger partial charge in [0.2, 0.25) is 0 Å². The van der Waals surface area contributed by atoms with Gasteiger partial charge in [-0.15, -0.1) is 0 Å². The van der Waals surface area contributed by atoms with E-state index < -0.39 is 15.7 Å². The summed E-state index contributed by atoms with van der Waals surface area (Å²) in [6, 6.07) is 13.7. The van der Waals surface area contributed by atoms with E-state index in [1.165, 1.54) is 30.3 Å². The van der Waals surface area contributed by atoms with Crippen molar-refractivity contribution in [2.45, 2.75) is 4.90 Å². The number of carbonyl (C=O) groups excluding carboxylic acids is 2. The Bertz CT molecular complexity index is 1290. The first-order valence-corrected chi connectivity index (χ1v) is 11.7. The number of halogens is 1. The molecule has 1 aromatic heterocycles. The van der Waals surface area contributed by atoms with Gasteiger partial charge in [0.05, 0.1) is 21.2 Å². The van der Waals surface area contributed by atoms with Crippen LogP contribution in [-0.4, -0.2) is 45.6 Å². The molecule has 0 saturated carbocycles. The predicted octanol–water partition coefficient (Wildman–Crippen LogP) is 3.71. The van der Waals surface area contributed by atoms with Crippen molar-refractivity contribution in [1.82, 2.24) is 4.98 Å². The fourth-order valence-electron chi connectivity index (χ4n) is 2.89. The van der Waals surface area contributed by atoms with Crippen molar-refractivity contribution in [1.29, 1.82) is 0 Å². The average molecular weight is 473 g/mol. The molecule has 0 atom stereocenters. The van der Waals surface area contributed by atoms with Gasteiger partial charge in [-0.3, -0.25) is 9.59 Å². The summed E-state index contributed by atoms with van der Waals surface area (Å²) in [5.74, 6) is -0.344. The van der Waals surface area contributed by atoms with Gasteiger partial charge in [-0.1, -0.05) is 17.7 Å². The molecule has 0 saturated heterocycles. The van der Waals surface area contributed by atoms with Crippen molar-refractivity contribution in [3.63, 3.8) is 0 Å². The van der Waals surface area contributed by atoms with Gasteiger partial charge in [-0.2, -0.15) is 0 Å². The highest BCUT2D eigenvalue weighted by molar-refractivity contribution is 7.90. The fraction of sp³-hybridized carbons (Fsp3) is 0.136. The molecule has 2 N–H and O–H groups in total. The first-order chi connectivity index (χ1) is 15.1. The van der Waals surface area contributed by atoms with Gasteiger partial charge in [0, 0.05) is 37.8 Å². The van der Waals surface area contributed by atoms with Gasteiger partial charge in [0.15, 0.2) is 9.84 Å². The summed E-state index contributed by atoms with van der Waals surface area (Å²) in [6.45, 7) is 0. The second-order valence-electron chi connectivity index (χ2n) is 7.17. The van der Waals surface area contributed by atoms with E-state index in [-0.39, 0.29) is 21.4 Å². The number of pyridine rings is 1. The van der Waals surface area contributed by atoms with Gasteiger partial charge in [0.1, 0.15) is 5.82 Å². The lowest BCUT2D eigenvalue weighted by Crippen LogP contribution is -2.19. The van der Waals surface area contributed by atoms with E-state index in [9.17, 15) is 18.0 Å². The van der Waals surface area contributed by atoms with E-state index >= 15 is 0 Å². The first-order valence-electron chi connectivity index (χ1n) is 9.41. The van der Waals surface area contributed by atoms with E-state index in [1.807, 2.05) is 0 Å². The molecular formula is C22H21ClN4O4S. The highest BCUT2D eigenvalue weighted by Crippen LogP contribution is 2.27. The molecule has 0 spiro atoms. The van der Waals surface area contributed by atoms with Crippen molar-refractivity contribution in [3.8, 4) is 0 Å². The maximum Gasteiger partial charge on any atom is 0.259 e. The molecule has 0 aliphatic heterocycles. The van der Waals surface area contributed by atoms with Crippen LogP contribution in [0.5, 0.6) is 0 Å². The highest BCUT2D eigenvalue weighted by atomic mass is 35.5. The lowest BCUT2D eigenvalue weighted by Gasteiger charge is -2.16. The summed E-state index contributed by atoms with van der Waals surface area (Å²) < 4.78 is 23.4. The zero-order valence-corrected chi connectivity index (χ0v) is 19.2. The average Bonchev–Trinajstić information content (AvgIpc) is 2.75. The minimum atomic E-state index is -3.44. The maximum absolute atomic E-state index is 12.7. The van der Waals surface area contributed by atoms with Crippen LogP contribution in [0.25, 0.3) is 0 Å². The number of benzene rings is 2. The third kappa shape index (κ3) is 5.43. The van der Waals surface area contributed by atoms with E-state index in [0.29, 0.717) is 22.8 Å². The van der Waals surface area contributed by atoms with Crippen molar-refractivity contribution >= 4 is 50.4 Å². The quantitative estimate of drug-likeness (QED) is 0.566. The number of rotatable bonds is 6. The van der Waals surface area contributed by atoms with Gasteiger partial charge in [-0.05, 0) is 48.5 Å². The summed E-state index contributed by atoms with van der Waals surface area (Å²) >= 11 is 6.29. The summed E-state index contributed by atoms with van der Waals surface area (Å²) in [6.07, 6.45) is 2.67. The van der Waals surface area contributed by atoms with Crippen LogP contribution in [0.15, 0.2) is 65.7 Å². The molecule has 0 aliphatic carbocycles. The third-order valence-electron chi connectivity index (χ3n) is 4.45. The third-order valence-corrected chi connectivity index (χ3v) is 5.88. The van der Waals surface area contributed by atoms with E-state index in [0.717, 1.165) is 6.26 Å². The molecular weight excluding hydrogens is 452 g/mol. The van der Waals surface area contributed by atoms with Gasteiger partial charge in [-0.25, -0.2) is 13.4 Å². The largest absolute Gasteiger partial charge is 0.362 e. The molecule has 0 unspecified atom stereocenters. The minimum Gasteiger partial charge on any atom is -0.362 e. The zero-order valence-electron chi connectivity index (χ0n) is 17.6. The number of carbonyl (C=O) groups is 2. The number of anilines is 3. The number of amides is 2. The van der Waals surface area contributed by atoms with Crippen LogP contribution in [0.2, 0.25) is 5.02 Å². The highest BCUT2D eigenvalue weighted by Gasteiger charge is 2.16. The number of hydrogen-bond acceptors (Lipinski definition) is 6. The van der Waals surface area contributed by atoms with E-state index in [1.54, 1.807) is 49.5 Å². The SMILES string of the molecule is CN(C)c1ncccc1C(=O)Nc1ccc(NC(=O)c2cccc(S(C)(=O)=O)c2)c(Cl)c1. The molecule has 32 heavy (non-hydrogen) atoms. The van der Waals surface area contributed by atoms with Crippen molar-refractivity contribution in [2.24, 2.45) is 0 Å². The summed E-state index contributed by atoms with van der Waals surface area (Å²) in [4.78, 5) is 31.2. The Hall–Kier alpha value is -3.43. The molecule has 0 bridgehead atoms. The number of hydrogen-bond donors (Lipinski definition) is 2. The Morgan fingerprint density at radius 2 is 1.72 bits per heavy atom. The van der Waals surface area contributed by atoms with Crippen LogP contribution in [0.1, 0.15) is 20.7 Å². The summed E-state index contributed by atoms with van der Waals surface area (Å²) in [7, 11) is 0.139. The molecule has 10 heteroatoms. The second-order valence-corrected chi connectivity index (χ2v) is 9.59.